The van der Waals surface area contributed by atoms with Gasteiger partial charge in [0.15, 0.2) is 0 Å². The molecule has 1 fully saturated rings. The largest absolute Gasteiger partial charge is 0.356 e. The Balaban J connectivity index is 1.33. The van der Waals surface area contributed by atoms with Crippen molar-refractivity contribution in [2.45, 2.75) is 32.7 Å². The predicted octanol–water partition coefficient (Wildman–Crippen LogP) is 0.895. The molecule has 4 heterocycles. The number of fused-ring (bicyclic) bond motifs is 1. The van der Waals surface area contributed by atoms with Crippen LogP contribution in [0.25, 0.3) is 0 Å². The lowest BCUT2D eigenvalue weighted by Gasteiger charge is -2.32. The van der Waals surface area contributed by atoms with E-state index in [4.69, 9.17) is 0 Å². The maximum atomic E-state index is 13.0. The molecule has 1 saturated heterocycles. The summed E-state index contributed by atoms with van der Waals surface area (Å²) in [4.78, 5) is 33.8. The third-order valence-electron chi connectivity index (χ3n) is 6.13. The lowest BCUT2D eigenvalue weighted by Crippen LogP contribution is -2.47. The molecule has 8 heteroatoms. The van der Waals surface area contributed by atoms with Gasteiger partial charge in [-0.15, -0.1) is 0 Å². The van der Waals surface area contributed by atoms with Crippen molar-refractivity contribution in [3.8, 4) is 0 Å². The molecule has 0 aromatic carbocycles. The van der Waals surface area contributed by atoms with Gasteiger partial charge in [-0.1, -0.05) is 6.07 Å². The van der Waals surface area contributed by atoms with E-state index in [9.17, 15) is 9.59 Å². The molecule has 2 aliphatic heterocycles. The van der Waals surface area contributed by atoms with Crippen LogP contribution in [-0.2, 0) is 24.2 Å². The number of piperazine rings is 1. The molecule has 160 valence electrons. The van der Waals surface area contributed by atoms with E-state index in [1.165, 1.54) is 0 Å². The Hall–Kier alpha value is -2.74. The number of pyridine rings is 1. The first kappa shape index (κ1) is 20.5. The fourth-order valence-electron chi connectivity index (χ4n) is 4.14. The Kier molecular flexibility index (Phi) is 6.13. The minimum absolute atomic E-state index is 0.00784. The van der Waals surface area contributed by atoms with Crippen LogP contribution in [0.2, 0.25) is 0 Å². The van der Waals surface area contributed by atoms with Crippen molar-refractivity contribution >= 4 is 11.8 Å². The van der Waals surface area contributed by atoms with Crippen LogP contribution in [0.3, 0.4) is 0 Å². The number of amides is 2. The minimum Gasteiger partial charge on any atom is -0.356 e. The minimum atomic E-state index is 0.00784. The number of hydrogen-bond donors (Lipinski definition) is 1. The molecule has 0 radical (unpaired) electrons. The predicted molar refractivity (Wildman–Crippen MR) is 113 cm³/mol. The van der Waals surface area contributed by atoms with Gasteiger partial charge in [0.1, 0.15) is 0 Å². The van der Waals surface area contributed by atoms with Gasteiger partial charge in [0.05, 0.1) is 23.9 Å². The van der Waals surface area contributed by atoms with Crippen LogP contribution >= 0.6 is 0 Å². The second-order valence-electron chi connectivity index (χ2n) is 8.47. The summed E-state index contributed by atoms with van der Waals surface area (Å²) in [6.45, 7) is 6.65. The number of aryl methyl sites for hydroxylation is 2. The summed E-state index contributed by atoms with van der Waals surface area (Å²) in [5.41, 5.74) is 3.59. The fraction of sp³-hybridized carbons (Fsp3) is 0.545. The van der Waals surface area contributed by atoms with Crippen molar-refractivity contribution in [2.24, 2.45) is 5.92 Å². The average molecular weight is 411 g/mol. The van der Waals surface area contributed by atoms with Crippen molar-refractivity contribution < 1.29 is 9.59 Å². The molecule has 8 nitrogen and oxygen atoms in total. The van der Waals surface area contributed by atoms with Crippen LogP contribution in [-0.4, -0.2) is 76.2 Å². The van der Waals surface area contributed by atoms with Gasteiger partial charge in [0.25, 0.3) is 5.91 Å². The van der Waals surface area contributed by atoms with Crippen LogP contribution in [0.5, 0.6) is 0 Å². The molecule has 0 spiro atoms. The Morgan fingerprint density at radius 2 is 1.93 bits per heavy atom. The van der Waals surface area contributed by atoms with Crippen LogP contribution in [0.4, 0.5) is 0 Å². The number of rotatable bonds is 5. The smallest absolute Gasteiger partial charge is 0.257 e. The molecule has 2 aliphatic rings. The molecule has 1 N–H and O–H groups in total. The van der Waals surface area contributed by atoms with Gasteiger partial charge in [0.2, 0.25) is 5.91 Å². The average Bonchev–Trinajstić information content (AvgIpc) is 3.17. The summed E-state index contributed by atoms with van der Waals surface area (Å²) < 4.78 is 1.96. The van der Waals surface area contributed by atoms with Crippen molar-refractivity contribution in [1.29, 1.82) is 0 Å². The van der Waals surface area contributed by atoms with E-state index in [-0.39, 0.29) is 11.8 Å². The quantitative estimate of drug-likeness (QED) is 0.792. The fourth-order valence-corrected chi connectivity index (χ4v) is 4.14. The highest BCUT2D eigenvalue weighted by Crippen LogP contribution is 2.24. The summed E-state index contributed by atoms with van der Waals surface area (Å²) in [6, 6.07) is 3.86. The summed E-state index contributed by atoms with van der Waals surface area (Å²) >= 11 is 0. The van der Waals surface area contributed by atoms with Crippen LogP contribution in [0.1, 0.15) is 33.7 Å². The second-order valence-corrected chi connectivity index (χ2v) is 8.47. The van der Waals surface area contributed by atoms with E-state index >= 15 is 0 Å². The van der Waals surface area contributed by atoms with Gasteiger partial charge in [-0.3, -0.25) is 19.3 Å². The van der Waals surface area contributed by atoms with Crippen molar-refractivity contribution in [3.05, 3.63) is 47.0 Å². The number of aromatic nitrogens is 3. The zero-order valence-corrected chi connectivity index (χ0v) is 17.8. The van der Waals surface area contributed by atoms with Gasteiger partial charge in [-0.2, -0.15) is 5.10 Å². The van der Waals surface area contributed by atoms with Gasteiger partial charge in [-0.05, 0) is 44.4 Å². The van der Waals surface area contributed by atoms with Crippen molar-refractivity contribution in [3.63, 3.8) is 0 Å². The normalized spacial score (nSPS) is 19.4. The molecule has 0 aliphatic carbocycles. The molecule has 2 aromatic heterocycles. The standard InChI is InChI=1S/C22H30N6O2/c1-16-3-4-17(13-23-16)12-21(29)24-14-18-5-6-28-20(11-18)19(15-25-28)22(30)27-9-7-26(2)8-10-27/h3-4,13,15,18H,5-12,14H2,1-2H3,(H,24,29). The van der Waals surface area contributed by atoms with E-state index in [2.05, 4.69) is 27.3 Å². The molecular formula is C22H30N6O2. The monoisotopic (exact) mass is 410 g/mol. The SMILES string of the molecule is Cc1ccc(CC(=O)NCC2CCn3ncc(C(=O)N4CCN(C)CC4)c3C2)cn1. The zero-order valence-electron chi connectivity index (χ0n) is 17.8. The molecular weight excluding hydrogens is 380 g/mol. The number of likely N-dealkylation sites (N-methyl/N-ethyl adjacent to an activating group) is 1. The number of carbonyl (C=O) groups excluding carboxylic acids is 2. The summed E-state index contributed by atoms with van der Waals surface area (Å²) in [7, 11) is 2.08. The highest BCUT2D eigenvalue weighted by molar-refractivity contribution is 5.95. The maximum Gasteiger partial charge on any atom is 0.257 e. The van der Waals surface area contributed by atoms with E-state index < -0.39 is 0 Å². The number of carbonyl (C=O) groups is 2. The van der Waals surface area contributed by atoms with Crippen molar-refractivity contribution in [2.75, 3.05) is 39.8 Å². The first-order valence-electron chi connectivity index (χ1n) is 10.7. The van der Waals surface area contributed by atoms with E-state index in [0.29, 0.717) is 18.9 Å². The van der Waals surface area contributed by atoms with Crippen molar-refractivity contribution in [1.82, 2.24) is 29.9 Å². The Morgan fingerprint density at radius 1 is 1.13 bits per heavy atom. The number of nitrogens with one attached hydrogen (secondary N) is 1. The van der Waals surface area contributed by atoms with Crippen LogP contribution in [0.15, 0.2) is 24.5 Å². The second kappa shape index (κ2) is 8.95. The summed E-state index contributed by atoms with van der Waals surface area (Å²) in [5, 5.41) is 7.50. The molecule has 0 bridgehead atoms. The first-order valence-corrected chi connectivity index (χ1v) is 10.7. The lowest BCUT2D eigenvalue weighted by atomic mass is 9.94. The summed E-state index contributed by atoms with van der Waals surface area (Å²) in [6.07, 6.45) is 5.53. The highest BCUT2D eigenvalue weighted by Gasteiger charge is 2.29. The van der Waals surface area contributed by atoms with Gasteiger partial charge in [-0.25, -0.2) is 0 Å². The third kappa shape index (κ3) is 4.70. The molecule has 2 aromatic rings. The first-order chi connectivity index (χ1) is 14.5. The lowest BCUT2D eigenvalue weighted by molar-refractivity contribution is -0.120. The topological polar surface area (TPSA) is 83.4 Å². The van der Waals surface area contributed by atoms with Gasteiger partial charge in [0, 0.05) is 51.2 Å². The molecule has 30 heavy (non-hydrogen) atoms. The molecule has 4 rings (SSSR count). The van der Waals surface area contributed by atoms with E-state index in [1.54, 1.807) is 12.4 Å². The molecule has 1 atom stereocenters. The van der Waals surface area contributed by atoms with Gasteiger partial charge < -0.3 is 15.1 Å². The molecule has 0 saturated carbocycles. The highest BCUT2D eigenvalue weighted by atomic mass is 16.2. The van der Waals surface area contributed by atoms with E-state index in [0.717, 1.165) is 68.1 Å². The van der Waals surface area contributed by atoms with E-state index in [1.807, 2.05) is 28.6 Å². The molecule has 2 amide bonds. The number of hydrogen-bond acceptors (Lipinski definition) is 5. The Labute approximate surface area is 177 Å². The molecule has 1 unspecified atom stereocenters. The zero-order chi connectivity index (χ0) is 21.1. The van der Waals surface area contributed by atoms with Gasteiger partial charge >= 0.3 is 0 Å². The number of nitrogens with zero attached hydrogens (tertiary/aromatic N) is 5. The Morgan fingerprint density at radius 3 is 2.67 bits per heavy atom. The van der Waals surface area contributed by atoms with Crippen LogP contribution in [0, 0.1) is 12.8 Å². The third-order valence-corrected chi connectivity index (χ3v) is 6.13. The summed E-state index contributed by atoms with van der Waals surface area (Å²) in [5.74, 6) is 0.405. The van der Waals surface area contributed by atoms with Crippen LogP contribution < -0.4 is 5.32 Å². The maximum absolute atomic E-state index is 13.0. The Bertz CT molecular complexity index is 899.